The number of benzene rings is 1. The third-order valence-corrected chi connectivity index (χ3v) is 6.51. The second kappa shape index (κ2) is 7.12. The highest BCUT2D eigenvalue weighted by Crippen LogP contribution is 2.45. The van der Waals surface area contributed by atoms with Crippen LogP contribution < -0.4 is 0 Å². The van der Waals surface area contributed by atoms with Crippen molar-refractivity contribution >= 4 is 0 Å². The Kier molecular flexibility index (Phi) is 5.30. The first kappa shape index (κ1) is 17.9. The van der Waals surface area contributed by atoms with Gasteiger partial charge in [-0.1, -0.05) is 62.8 Å². The molecule has 1 aromatic rings. The normalized spacial score (nSPS) is 23.6. The lowest BCUT2D eigenvalue weighted by molar-refractivity contribution is -0.113. The Morgan fingerprint density at radius 3 is 1.08 bits per heavy atom. The first-order chi connectivity index (χ1) is 11.5. The molecule has 2 fully saturated rings. The molecule has 3 rings (SSSR count). The summed E-state index contributed by atoms with van der Waals surface area (Å²) < 4.78 is 0. The summed E-state index contributed by atoms with van der Waals surface area (Å²) in [5, 5.41) is 40.1. The second-order valence-corrected chi connectivity index (χ2v) is 7.76. The molecule has 0 saturated heterocycles. The molecule has 2 aliphatic carbocycles. The van der Waals surface area contributed by atoms with Crippen molar-refractivity contribution in [1.29, 1.82) is 0 Å². The molecule has 0 atom stereocenters. The van der Waals surface area contributed by atoms with Crippen LogP contribution in [0.15, 0.2) is 24.3 Å². The maximum Gasteiger partial charge on any atom is 0.161 e. The zero-order chi connectivity index (χ0) is 17.2. The Hall–Kier alpha value is -0.940. The van der Waals surface area contributed by atoms with Gasteiger partial charge in [-0.25, -0.2) is 0 Å². The minimum absolute atomic E-state index is 0.575. The molecule has 0 amide bonds. The Morgan fingerprint density at radius 1 is 0.542 bits per heavy atom. The van der Waals surface area contributed by atoms with Crippen molar-refractivity contribution in [2.45, 2.75) is 87.6 Å². The van der Waals surface area contributed by atoms with Gasteiger partial charge in [0.1, 0.15) is 0 Å². The van der Waals surface area contributed by atoms with Crippen LogP contribution in [0.1, 0.15) is 75.3 Å². The molecule has 2 aliphatic rings. The minimum Gasteiger partial charge on any atom is -0.367 e. The van der Waals surface area contributed by atoms with Gasteiger partial charge in [0.2, 0.25) is 0 Å². The van der Waals surface area contributed by atoms with E-state index in [2.05, 4.69) is 0 Å². The van der Waals surface area contributed by atoms with E-state index in [-0.39, 0.29) is 0 Å². The maximum atomic E-state index is 10.0. The van der Waals surface area contributed by atoms with Gasteiger partial charge >= 0.3 is 0 Å². The van der Waals surface area contributed by atoms with Gasteiger partial charge in [-0.15, -0.1) is 0 Å². The van der Waals surface area contributed by atoms with Crippen LogP contribution in [0.5, 0.6) is 0 Å². The van der Waals surface area contributed by atoms with Gasteiger partial charge < -0.3 is 20.4 Å². The standard InChI is InChI=1S/C20H30O4/c21-17(22)19(11-3-1-4-12-19)15-7-9-16(10-8-15)20(18(23)24)13-5-2-6-14-20/h7-10,17-18,21-24H,1-6,11-14H2. The van der Waals surface area contributed by atoms with E-state index in [4.69, 9.17) is 0 Å². The molecule has 0 heterocycles. The van der Waals surface area contributed by atoms with Gasteiger partial charge in [-0.05, 0) is 36.8 Å². The average molecular weight is 334 g/mol. The Balaban J connectivity index is 1.91. The van der Waals surface area contributed by atoms with E-state index >= 15 is 0 Å². The molecule has 0 aliphatic heterocycles. The van der Waals surface area contributed by atoms with Crippen LogP contribution >= 0.6 is 0 Å². The van der Waals surface area contributed by atoms with E-state index in [1.165, 1.54) is 0 Å². The largest absolute Gasteiger partial charge is 0.367 e. The van der Waals surface area contributed by atoms with Gasteiger partial charge in [-0.2, -0.15) is 0 Å². The molecule has 4 nitrogen and oxygen atoms in total. The molecular formula is C20H30O4. The van der Waals surface area contributed by atoms with Gasteiger partial charge in [-0.3, -0.25) is 0 Å². The lowest BCUT2D eigenvalue weighted by Gasteiger charge is -2.41. The monoisotopic (exact) mass is 334 g/mol. The molecule has 0 unspecified atom stereocenters. The Labute approximate surface area is 144 Å². The maximum absolute atomic E-state index is 10.0. The first-order valence-electron chi connectivity index (χ1n) is 9.35. The smallest absolute Gasteiger partial charge is 0.161 e. The highest BCUT2D eigenvalue weighted by atomic mass is 16.5. The summed E-state index contributed by atoms with van der Waals surface area (Å²) in [7, 11) is 0. The quantitative estimate of drug-likeness (QED) is 0.638. The van der Waals surface area contributed by atoms with Crippen molar-refractivity contribution < 1.29 is 20.4 Å². The van der Waals surface area contributed by atoms with Gasteiger partial charge in [0, 0.05) is 10.8 Å². The average Bonchev–Trinajstić information content (AvgIpc) is 2.62. The van der Waals surface area contributed by atoms with E-state index in [1.807, 2.05) is 24.3 Å². The molecule has 4 heteroatoms. The van der Waals surface area contributed by atoms with Crippen molar-refractivity contribution in [3.8, 4) is 0 Å². The lowest BCUT2D eigenvalue weighted by Crippen LogP contribution is -2.42. The van der Waals surface area contributed by atoms with Crippen LogP contribution in [0.25, 0.3) is 0 Å². The number of rotatable bonds is 4. The lowest BCUT2D eigenvalue weighted by atomic mass is 9.66. The van der Waals surface area contributed by atoms with Crippen LogP contribution in [-0.2, 0) is 10.8 Å². The fourth-order valence-electron chi connectivity index (χ4n) is 4.89. The van der Waals surface area contributed by atoms with Crippen molar-refractivity contribution in [2.24, 2.45) is 0 Å². The summed E-state index contributed by atoms with van der Waals surface area (Å²) >= 11 is 0. The first-order valence-corrected chi connectivity index (χ1v) is 9.35. The van der Waals surface area contributed by atoms with Crippen molar-refractivity contribution in [2.75, 3.05) is 0 Å². The number of hydrogen-bond donors (Lipinski definition) is 4. The van der Waals surface area contributed by atoms with Crippen LogP contribution in [0.2, 0.25) is 0 Å². The summed E-state index contributed by atoms with van der Waals surface area (Å²) in [6.45, 7) is 0. The van der Waals surface area contributed by atoms with Crippen molar-refractivity contribution in [3.63, 3.8) is 0 Å². The summed E-state index contributed by atoms with van der Waals surface area (Å²) in [6.07, 6.45) is 6.80. The zero-order valence-corrected chi connectivity index (χ0v) is 14.3. The molecule has 0 radical (unpaired) electrons. The SMILES string of the molecule is OC(O)C1(c2ccc(C3(C(O)O)CCCCC3)cc2)CCCCC1. The Morgan fingerprint density at radius 2 is 0.833 bits per heavy atom. The minimum atomic E-state index is -1.35. The summed E-state index contributed by atoms with van der Waals surface area (Å²) in [5.74, 6) is 0. The van der Waals surface area contributed by atoms with E-state index in [1.54, 1.807) is 0 Å². The summed E-state index contributed by atoms with van der Waals surface area (Å²) in [6, 6.07) is 7.88. The Bertz CT molecular complexity index is 474. The molecule has 0 aromatic heterocycles. The van der Waals surface area contributed by atoms with Crippen molar-refractivity contribution in [3.05, 3.63) is 35.4 Å². The van der Waals surface area contributed by atoms with Crippen LogP contribution in [-0.4, -0.2) is 33.0 Å². The predicted octanol–water partition coefficient (Wildman–Crippen LogP) is 2.71. The zero-order valence-electron chi connectivity index (χ0n) is 14.3. The number of hydrogen-bond acceptors (Lipinski definition) is 4. The molecule has 2 saturated carbocycles. The van der Waals surface area contributed by atoms with Gasteiger partial charge in [0.15, 0.2) is 12.6 Å². The van der Waals surface area contributed by atoms with E-state index in [0.29, 0.717) is 0 Å². The molecule has 4 N–H and O–H groups in total. The van der Waals surface area contributed by atoms with Gasteiger partial charge in [0.05, 0.1) is 0 Å². The second-order valence-electron chi connectivity index (χ2n) is 7.76. The molecule has 0 spiro atoms. The summed E-state index contributed by atoms with van der Waals surface area (Å²) in [5.41, 5.74) is 0.765. The fourth-order valence-corrected chi connectivity index (χ4v) is 4.89. The number of aliphatic hydroxyl groups is 4. The van der Waals surface area contributed by atoms with Gasteiger partial charge in [0.25, 0.3) is 0 Å². The fraction of sp³-hybridized carbons (Fsp3) is 0.700. The van der Waals surface area contributed by atoms with Crippen LogP contribution in [0.3, 0.4) is 0 Å². The van der Waals surface area contributed by atoms with E-state index < -0.39 is 23.4 Å². The van der Waals surface area contributed by atoms with E-state index in [9.17, 15) is 20.4 Å². The molecule has 24 heavy (non-hydrogen) atoms. The van der Waals surface area contributed by atoms with Crippen LogP contribution in [0, 0.1) is 0 Å². The predicted molar refractivity (Wildman–Crippen MR) is 92.4 cm³/mol. The molecule has 1 aromatic carbocycles. The highest BCUT2D eigenvalue weighted by Gasteiger charge is 2.42. The van der Waals surface area contributed by atoms with Crippen LogP contribution in [0.4, 0.5) is 0 Å². The molecular weight excluding hydrogens is 304 g/mol. The van der Waals surface area contributed by atoms with Crippen molar-refractivity contribution in [1.82, 2.24) is 0 Å². The highest BCUT2D eigenvalue weighted by molar-refractivity contribution is 5.35. The third-order valence-electron chi connectivity index (χ3n) is 6.51. The topological polar surface area (TPSA) is 80.9 Å². The molecule has 0 bridgehead atoms. The molecule has 134 valence electrons. The van der Waals surface area contributed by atoms with E-state index in [0.717, 1.165) is 75.3 Å². The summed E-state index contributed by atoms with van der Waals surface area (Å²) in [4.78, 5) is 0. The number of aliphatic hydroxyl groups excluding tert-OH is 2. The third kappa shape index (κ3) is 3.01.